The fourth-order valence-corrected chi connectivity index (χ4v) is 4.47. The fraction of sp³-hybridized carbons (Fsp3) is 0.100. The van der Waals surface area contributed by atoms with E-state index in [9.17, 15) is 14.7 Å². The van der Waals surface area contributed by atoms with Crippen LogP contribution in [0.5, 0.6) is 0 Å². The molecule has 6 heteroatoms. The second-order valence-electron chi connectivity index (χ2n) is 8.69. The Balaban J connectivity index is 1.75. The molecule has 178 valence electrons. The Morgan fingerprint density at radius 2 is 1.69 bits per heavy atom. The van der Waals surface area contributed by atoms with Crippen LogP contribution in [0.3, 0.4) is 0 Å². The topological polar surface area (TPSA) is 92.4 Å². The molecule has 3 aromatic carbocycles. The van der Waals surface area contributed by atoms with Crippen molar-refractivity contribution in [3.8, 4) is 22.5 Å². The molecule has 0 bridgehead atoms. The number of fused-ring (bicyclic) bond motifs is 1. The zero-order chi connectivity index (χ0) is 25.2. The van der Waals surface area contributed by atoms with Crippen molar-refractivity contribution in [1.29, 1.82) is 0 Å². The van der Waals surface area contributed by atoms with Crippen LogP contribution in [0.25, 0.3) is 33.4 Å². The maximum absolute atomic E-state index is 14.0. The Kier molecular flexibility index (Phi) is 6.09. The van der Waals surface area contributed by atoms with Crippen LogP contribution in [0.15, 0.2) is 100 Å². The van der Waals surface area contributed by atoms with E-state index in [1.54, 1.807) is 42.7 Å². The predicted octanol–water partition coefficient (Wildman–Crippen LogP) is 6.70. The average molecular weight is 477 g/mol. The SMILES string of the molecule is Cc1cc(C(C)Nc2ccccc2C(=O)O)c2oc(-c3ccccc3)c(-c3cccnc3)c(=O)c2c1. The van der Waals surface area contributed by atoms with Crippen LogP contribution in [-0.2, 0) is 0 Å². The van der Waals surface area contributed by atoms with Gasteiger partial charge < -0.3 is 14.8 Å². The molecular weight excluding hydrogens is 452 g/mol. The third-order valence-corrected chi connectivity index (χ3v) is 6.15. The highest BCUT2D eigenvalue weighted by Crippen LogP contribution is 2.36. The van der Waals surface area contributed by atoms with Gasteiger partial charge in [0.1, 0.15) is 11.3 Å². The van der Waals surface area contributed by atoms with Crippen molar-refractivity contribution in [1.82, 2.24) is 4.98 Å². The number of carboxylic acid groups (broad SMARTS) is 1. The van der Waals surface area contributed by atoms with Gasteiger partial charge in [-0.25, -0.2) is 4.79 Å². The summed E-state index contributed by atoms with van der Waals surface area (Å²) in [5, 5.41) is 13.4. The van der Waals surface area contributed by atoms with Crippen LogP contribution in [-0.4, -0.2) is 16.1 Å². The van der Waals surface area contributed by atoms with Crippen LogP contribution in [0, 0.1) is 6.92 Å². The van der Waals surface area contributed by atoms with E-state index in [1.807, 2.05) is 62.4 Å². The molecule has 1 atom stereocenters. The molecule has 2 heterocycles. The van der Waals surface area contributed by atoms with Crippen molar-refractivity contribution in [3.05, 3.63) is 118 Å². The minimum absolute atomic E-state index is 0.147. The van der Waals surface area contributed by atoms with Gasteiger partial charge in [0.05, 0.1) is 22.6 Å². The third kappa shape index (κ3) is 4.25. The first kappa shape index (κ1) is 23.1. The van der Waals surface area contributed by atoms with E-state index in [0.717, 1.165) is 16.7 Å². The number of carbonyl (C=O) groups is 1. The number of anilines is 1. The van der Waals surface area contributed by atoms with Crippen LogP contribution in [0.1, 0.15) is 34.5 Å². The summed E-state index contributed by atoms with van der Waals surface area (Å²) in [5.41, 5.74) is 4.55. The van der Waals surface area contributed by atoms with Gasteiger partial charge in [-0.2, -0.15) is 0 Å². The van der Waals surface area contributed by atoms with Crippen molar-refractivity contribution in [3.63, 3.8) is 0 Å². The molecule has 0 amide bonds. The molecule has 0 aliphatic rings. The van der Waals surface area contributed by atoms with Gasteiger partial charge in [0.2, 0.25) is 5.43 Å². The number of nitrogens with one attached hydrogen (secondary N) is 1. The highest BCUT2D eigenvalue weighted by molar-refractivity contribution is 5.95. The van der Waals surface area contributed by atoms with Gasteiger partial charge in [-0.05, 0) is 43.7 Å². The molecule has 0 saturated heterocycles. The lowest BCUT2D eigenvalue weighted by atomic mass is 9.96. The Morgan fingerprint density at radius 3 is 2.42 bits per heavy atom. The summed E-state index contributed by atoms with van der Waals surface area (Å²) >= 11 is 0. The molecule has 0 spiro atoms. The van der Waals surface area contributed by atoms with Gasteiger partial charge in [-0.3, -0.25) is 9.78 Å². The van der Waals surface area contributed by atoms with E-state index >= 15 is 0 Å². The molecule has 0 aliphatic carbocycles. The molecule has 5 rings (SSSR count). The number of aromatic nitrogens is 1. The van der Waals surface area contributed by atoms with Crippen molar-refractivity contribution >= 4 is 22.6 Å². The number of aryl methyl sites for hydroxylation is 1. The summed E-state index contributed by atoms with van der Waals surface area (Å²) in [7, 11) is 0. The van der Waals surface area contributed by atoms with Crippen LogP contribution in [0.4, 0.5) is 5.69 Å². The number of pyridine rings is 1. The van der Waals surface area contributed by atoms with Crippen LogP contribution in [0.2, 0.25) is 0 Å². The van der Waals surface area contributed by atoms with Crippen molar-refractivity contribution < 1.29 is 14.3 Å². The highest BCUT2D eigenvalue weighted by atomic mass is 16.4. The standard InChI is InChI=1S/C30H24N2O4/c1-18-15-23(19(2)32-25-13-7-6-12-22(25)30(34)35)29-24(16-18)27(33)26(21-11-8-14-31-17-21)28(36-29)20-9-4-3-5-10-20/h3-17,19,32H,1-2H3,(H,34,35). The first-order chi connectivity index (χ1) is 17.4. The van der Waals surface area contributed by atoms with Gasteiger partial charge in [-0.15, -0.1) is 0 Å². The van der Waals surface area contributed by atoms with Gasteiger partial charge in [0.25, 0.3) is 0 Å². The van der Waals surface area contributed by atoms with E-state index in [-0.39, 0.29) is 17.0 Å². The largest absolute Gasteiger partial charge is 0.478 e. The minimum atomic E-state index is -1.02. The quantitative estimate of drug-likeness (QED) is 0.283. The van der Waals surface area contributed by atoms with Crippen molar-refractivity contribution in [2.75, 3.05) is 5.32 Å². The maximum Gasteiger partial charge on any atom is 0.337 e. The van der Waals surface area contributed by atoms with Crippen LogP contribution < -0.4 is 10.7 Å². The average Bonchev–Trinajstić information content (AvgIpc) is 2.89. The lowest BCUT2D eigenvalue weighted by Gasteiger charge is -2.20. The lowest BCUT2D eigenvalue weighted by molar-refractivity contribution is 0.0698. The molecule has 1 unspecified atom stereocenters. The second kappa shape index (κ2) is 9.50. The number of rotatable bonds is 6. The smallest absolute Gasteiger partial charge is 0.337 e. The number of hydrogen-bond donors (Lipinski definition) is 2. The summed E-state index contributed by atoms with van der Waals surface area (Å²) in [5.74, 6) is -0.553. The molecular formula is C30H24N2O4. The predicted molar refractivity (Wildman–Crippen MR) is 141 cm³/mol. The van der Waals surface area contributed by atoms with Gasteiger partial charge in [0, 0.05) is 34.8 Å². The summed E-state index contributed by atoms with van der Waals surface area (Å²) in [6.07, 6.45) is 3.33. The van der Waals surface area contributed by atoms with Crippen molar-refractivity contribution in [2.45, 2.75) is 19.9 Å². The number of nitrogens with zero attached hydrogens (tertiary/aromatic N) is 1. The summed E-state index contributed by atoms with van der Waals surface area (Å²) < 4.78 is 6.55. The van der Waals surface area contributed by atoms with E-state index in [4.69, 9.17) is 4.42 Å². The Morgan fingerprint density at radius 1 is 0.972 bits per heavy atom. The van der Waals surface area contributed by atoms with E-state index in [0.29, 0.717) is 33.5 Å². The molecule has 6 nitrogen and oxygen atoms in total. The minimum Gasteiger partial charge on any atom is -0.478 e. The van der Waals surface area contributed by atoms with Crippen LogP contribution >= 0.6 is 0 Å². The zero-order valence-corrected chi connectivity index (χ0v) is 19.9. The number of hydrogen-bond acceptors (Lipinski definition) is 5. The van der Waals surface area contributed by atoms with Gasteiger partial charge >= 0.3 is 5.97 Å². The second-order valence-corrected chi connectivity index (χ2v) is 8.69. The Hall–Kier alpha value is -4.71. The third-order valence-electron chi connectivity index (χ3n) is 6.15. The molecule has 2 N–H and O–H groups in total. The Labute approximate surface area is 207 Å². The zero-order valence-electron chi connectivity index (χ0n) is 19.9. The number of benzene rings is 3. The molecule has 0 radical (unpaired) electrons. The van der Waals surface area contributed by atoms with E-state index < -0.39 is 5.97 Å². The molecule has 0 fully saturated rings. The summed E-state index contributed by atoms with van der Waals surface area (Å²) in [6, 6.07) is 23.4. The Bertz CT molecular complexity index is 1630. The molecule has 5 aromatic rings. The molecule has 0 saturated carbocycles. The van der Waals surface area contributed by atoms with Gasteiger partial charge in [-0.1, -0.05) is 54.6 Å². The van der Waals surface area contributed by atoms with Crippen molar-refractivity contribution in [2.24, 2.45) is 0 Å². The molecule has 36 heavy (non-hydrogen) atoms. The lowest BCUT2D eigenvalue weighted by Crippen LogP contribution is -2.14. The summed E-state index contributed by atoms with van der Waals surface area (Å²) in [6.45, 7) is 3.85. The molecule has 2 aromatic heterocycles. The van der Waals surface area contributed by atoms with E-state index in [1.165, 1.54) is 0 Å². The monoisotopic (exact) mass is 476 g/mol. The first-order valence-corrected chi connectivity index (χ1v) is 11.6. The highest BCUT2D eigenvalue weighted by Gasteiger charge is 2.22. The fourth-order valence-electron chi connectivity index (χ4n) is 4.47. The maximum atomic E-state index is 14.0. The number of carboxylic acids is 1. The molecule has 0 aliphatic heterocycles. The number of para-hydroxylation sites is 1. The number of aromatic carboxylic acids is 1. The summed E-state index contributed by atoms with van der Waals surface area (Å²) in [4.78, 5) is 29.9. The normalized spacial score (nSPS) is 11.8. The van der Waals surface area contributed by atoms with E-state index in [2.05, 4.69) is 10.3 Å². The van der Waals surface area contributed by atoms with Gasteiger partial charge in [0.15, 0.2) is 0 Å². The first-order valence-electron chi connectivity index (χ1n) is 11.6.